The van der Waals surface area contributed by atoms with Crippen molar-refractivity contribution in [2.75, 3.05) is 0 Å². The zero-order chi connectivity index (χ0) is 27.9. The number of fused-ring (bicyclic) bond motifs is 2. The predicted molar refractivity (Wildman–Crippen MR) is 155 cm³/mol. The summed E-state index contributed by atoms with van der Waals surface area (Å²) in [4.78, 5) is 31.5. The van der Waals surface area contributed by atoms with Crippen LogP contribution >= 0.6 is 0 Å². The number of hydrogen-bond donors (Lipinski definition) is 1. The topological polar surface area (TPSA) is 92.8 Å². The summed E-state index contributed by atoms with van der Waals surface area (Å²) in [6.45, 7) is 4.08. The minimum absolute atomic E-state index is 0.0177. The summed E-state index contributed by atoms with van der Waals surface area (Å²) in [6, 6.07) is 23.9. The van der Waals surface area contributed by atoms with E-state index in [9.17, 15) is 14.7 Å². The maximum absolute atomic E-state index is 13.6. The third-order valence-electron chi connectivity index (χ3n) is 8.01. The van der Waals surface area contributed by atoms with Crippen LogP contribution in [0.15, 0.2) is 93.6 Å². The summed E-state index contributed by atoms with van der Waals surface area (Å²) < 4.78 is 5.54. The Morgan fingerprint density at radius 1 is 0.950 bits per heavy atom. The highest BCUT2D eigenvalue weighted by Gasteiger charge is 2.37. The molecule has 6 nitrogen and oxygen atoms in total. The highest BCUT2D eigenvalue weighted by molar-refractivity contribution is 6.25. The van der Waals surface area contributed by atoms with Gasteiger partial charge in [0.25, 0.3) is 0 Å². The van der Waals surface area contributed by atoms with Gasteiger partial charge in [0.1, 0.15) is 11.5 Å². The lowest BCUT2D eigenvalue weighted by molar-refractivity contribution is -0.116. The fraction of sp³-hybridized carbons (Fsp3) is 0.294. The number of aryl methyl sites for hydroxylation is 1. The van der Waals surface area contributed by atoms with Gasteiger partial charge >= 0.3 is 0 Å². The van der Waals surface area contributed by atoms with Crippen LogP contribution in [-0.4, -0.2) is 27.5 Å². The van der Waals surface area contributed by atoms with Gasteiger partial charge in [0.15, 0.2) is 11.6 Å². The van der Waals surface area contributed by atoms with Gasteiger partial charge in [-0.2, -0.15) is 0 Å². The number of nitrogens with zero attached hydrogens (tertiary/aromatic N) is 2. The number of aliphatic hydroxyl groups excluding tert-OH is 1. The predicted octanol–water partition coefficient (Wildman–Crippen LogP) is 7.65. The molecule has 0 radical (unpaired) electrons. The summed E-state index contributed by atoms with van der Waals surface area (Å²) in [5.74, 6) is 0.461. The first-order valence-electron chi connectivity index (χ1n) is 13.9. The second-order valence-electron chi connectivity index (χ2n) is 11.7. The van der Waals surface area contributed by atoms with Gasteiger partial charge in [-0.3, -0.25) is 14.6 Å². The van der Waals surface area contributed by atoms with Crippen LogP contribution in [0.2, 0.25) is 0 Å². The number of allylic oxidation sites excluding steroid dienone is 2. The highest BCUT2D eigenvalue weighted by Crippen LogP contribution is 2.38. The zero-order valence-electron chi connectivity index (χ0n) is 22.8. The molecule has 6 heteroatoms. The molecule has 3 aromatic carbocycles. The molecule has 202 valence electrons. The SMILES string of the molecule is CC1(C)CC(=O)c2c(CCC(O)=C3C(=O)CC(c4ccccc4)CC3=Nc3cccc4ccccc34)noc2C1. The van der Waals surface area contributed by atoms with Crippen molar-refractivity contribution >= 4 is 33.7 Å². The van der Waals surface area contributed by atoms with E-state index < -0.39 is 0 Å². The lowest BCUT2D eigenvalue weighted by atomic mass is 9.76. The minimum Gasteiger partial charge on any atom is -0.511 e. The molecule has 1 N–H and O–H groups in total. The van der Waals surface area contributed by atoms with Gasteiger partial charge in [-0.25, -0.2) is 0 Å². The van der Waals surface area contributed by atoms with E-state index in [4.69, 9.17) is 9.52 Å². The van der Waals surface area contributed by atoms with Crippen LogP contribution in [0.5, 0.6) is 0 Å². The normalized spacial score (nSPS) is 21.1. The van der Waals surface area contributed by atoms with E-state index in [1.54, 1.807) is 0 Å². The molecule has 1 unspecified atom stereocenters. The molecular formula is C34H32N2O4. The number of aromatic nitrogens is 1. The van der Waals surface area contributed by atoms with Crippen LogP contribution in [0, 0.1) is 5.41 Å². The zero-order valence-corrected chi connectivity index (χ0v) is 22.8. The van der Waals surface area contributed by atoms with Crippen molar-refractivity contribution in [3.05, 3.63) is 107 Å². The highest BCUT2D eigenvalue weighted by atomic mass is 16.5. The molecule has 1 aromatic heterocycles. The molecule has 0 aliphatic heterocycles. The largest absolute Gasteiger partial charge is 0.511 e. The van der Waals surface area contributed by atoms with Crippen molar-refractivity contribution in [3.63, 3.8) is 0 Å². The maximum Gasteiger partial charge on any atom is 0.168 e. The molecule has 0 amide bonds. The fourth-order valence-corrected chi connectivity index (χ4v) is 6.09. The number of aliphatic imine (C=N–C) groups is 1. The van der Waals surface area contributed by atoms with Crippen molar-refractivity contribution < 1.29 is 19.2 Å². The Morgan fingerprint density at radius 3 is 2.52 bits per heavy atom. The van der Waals surface area contributed by atoms with E-state index in [0.717, 1.165) is 22.0 Å². The second kappa shape index (κ2) is 10.3. The van der Waals surface area contributed by atoms with Crippen LogP contribution in [0.25, 0.3) is 10.8 Å². The first-order chi connectivity index (χ1) is 19.3. The average Bonchev–Trinajstić information content (AvgIpc) is 3.34. The van der Waals surface area contributed by atoms with Crippen molar-refractivity contribution in [2.24, 2.45) is 10.4 Å². The number of Topliss-reactive ketones (excluding diaryl/α,β-unsaturated/α-hetero) is 2. The van der Waals surface area contributed by atoms with E-state index in [2.05, 4.69) is 5.16 Å². The molecule has 0 bridgehead atoms. The molecule has 1 atom stereocenters. The molecule has 2 aliphatic rings. The molecule has 2 aliphatic carbocycles. The van der Waals surface area contributed by atoms with Crippen molar-refractivity contribution in [2.45, 2.75) is 58.3 Å². The van der Waals surface area contributed by atoms with Gasteiger partial charge in [-0.1, -0.05) is 85.7 Å². The van der Waals surface area contributed by atoms with Crippen LogP contribution in [-0.2, 0) is 17.6 Å². The van der Waals surface area contributed by atoms with Crippen LogP contribution < -0.4 is 0 Å². The van der Waals surface area contributed by atoms with Gasteiger partial charge < -0.3 is 9.63 Å². The molecule has 4 aromatic rings. The summed E-state index contributed by atoms with van der Waals surface area (Å²) in [7, 11) is 0. The summed E-state index contributed by atoms with van der Waals surface area (Å²) >= 11 is 0. The summed E-state index contributed by atoms with van der Waals surface area (Å²) in [5, 5.41) is 17.6. The van der Waals surface area contributed by atoms with E-state index in [1.165, 1.54) is 0 Å². The summed E-state index contributed by atoms with van der Waals surface area (Å²) in [6.07, 6.45) is 2.38. The van der Waals surface area contributed by atoms with E-state index >= 15 is 0 Å². The quantitative estimate of drug-likeness (QED) is 0.210. The Kier molecular flexibility index (Phi) is 6.70. The third-order valence-corrected chi connectivity index (χ3v) is 8.01. The minimum atomic E-state index is -0.165. The number of hydrogen-bond acceptors (Lipinski definition) is 6. The number of carbonyl (C=O) groups is 2. The Balaban J connectivity index is 1.36. The van der Waals surface area contributed by atoms with Gasteiger partial charge in [0.2, 0.25) is 0 Å². The fourth-order valence-electron chi connectivity index (χ4n) is 6.09. The van der Waals surface area contributed by atoms with E-state index in [0.29, 0.717) is 54.8 Å². The summed E-state index contributed by atoms with van der Waals surface area (Å²) in [5.41, 5.74) is 3.63. The first kappa shape index (κ1) is 25.9. The van der Waals surface area contributed by atoms with Gasteiger partial charge in [0.05, 0.1) is 28.2 Å². The second-order valence-corrected chi connectivity index (χ2v) is 11.7. The lowest BCUT2D eigenvalue weighted by Crippen LogP contribution is -2.27. The number of ketones is 2. The molecule has 0 spiro atoms. The Bertz CT molecular complexity index is 1670. The monoisotopic (exact) mass is 532 g/mol. The molecule has 40 heavy (non-hydrogen) atoms. The van der Waals surface area contributed by atoms with Crippen molar-refractivity contribution in [1.29, 1.82) is 0 Å². The van der Waals surface area contributed by atoms with Gasteiger partial charge in [-0.15, -0.1) is 0 Å². The lowest BCUT2D eigenvalue weighted by Gasteiger charge is -2.27. The van der Waals surface area contributed by atoms with Crippen molar-refractivity contribution in [3.8, 4) is 0 Å². The smallest absolute Gasteiger partial charge is 0.168 e. The van der Waals surface area contributed by atoms with Crippen LogP contribution in [0.3, 0.4) is 0 Å². The Morgan fingerprint density at radius 2 is 1.70 bits per heavy atom. The van der Waals surface area contributed by atoms with Gasteiger partial charge in [0, 0.05) is 37.5 Å². The number of benzene rings is 3. The molecule has 1 saturated carbocycles. The number of carbonyl (C=O) groups excluding carboxylic acids is 2. The molecular weight excluding hydrogens is 500 g/mol. The average molecular weight is 533 g/mol. The number of rotatable bonds is 5. The van der Waals surface area contributed by atoms with Crippen LogP contribution in [0.1, 0.15) is 72.8 Å². The molecule has 6 rings (SSSR count). The molecule has 1 heterocycles. The Labute approximate surface area is 233 Å². The van der Waals surface area contributed by atoms with Gasteiger partial charge in [-0.05, 0) is 34.8 Å². The first-order valence-corrected chi connectivity index (χ1v) is 13.9. The van der Waals surface area contributed by atoms with E-state index in [1.807, 2.05) is 86.6 Å². The Hall–Kier alpha value is -4.32. The van der Waals surface area contributed by atoms with Crippen molar-refractivity contribution in [1.82, 2.24) is 5.16 Å². The molecule has 0 saturated heterocycles. The molecule has 1 fully saturated rings. The number of aliphatic hydroxyl groups is 1. The van der Waals surface area contributed by atoms with E-state index in [-0.39, 0.29) is 40.7 Å². The van der Waals surface area contributed by atoms with Crippen LogP contribution in [0.4, 0.5) is 5.69 Å². The third kappa shape index (κ3) is 5.02. The standard InChI is InChI=1S/C34H32N2O4/c1-34(2)19-30(39)33-26(36-40-31(33)20-34)15-16-28(37)32-27(17-23(18-29(32)38)21-9-4-3-5-10-21)35-25-14-8-12-22-11-6-7-13-24(22)25/h3-14,23,37H,15-20H2,1-2H3. The maximum atomic E-state index is 13.6.